The number of hydrogen-bond acceptors (Lipinski definition) is 5. The molecule has 2 N–H and O–H groups in total. The number of nitrogens with zero attached hydrogens (tertiary/aromatic N) is 2. The quantitative estimate of drug-likeness (QED) is 0.289. The van der Waals surface area contributed by atoms with Crippen molar-refractivity contribution in [1.29, 1.82) is 0 Å². The van der Waals surface area contributed by atoms with Gasteiger partial charge >= 0.3 is 0 Å². The first-order chi connectivity index (χ1) is 14.3. The Balaban J connectivity index is 3.07. The second-order valence-corrected chi connectivity index (χ2v) is 9.70. The number of amidine groups is 1. The third kappa shape index (κ3) is 8.20. The van der Waals surface area contributed by atoms with Crippen molar-refractivity contribution in [2.24, 2.45) is 10.9 Å². The molecule has 0 aromatic rings. The van der Waals surface area contributed by atoms with Gasteiger partial charge < -0.3 is 15.2 Å². The molecule has 0 bridgehead atoms. The first-order valence-electron chi connectivity index (χ1n) is 10.9. The number of carbonyl (C=O) groups excluding carboxylic acids is 1. The van der Waals surface area contributed by atoms with E-state index < -0.39 is 12.0 Å². The molecule has 0 fully saturated rings. The van der Waals surface area contributed by atoms with Crippen molar-refractivity contribution in [1.82, 2.24) is 10.2 Å². The molecule has 0 aromatic heterocycles. The van der Waals surface area contributed by atoms with Gasteiger partial charge in [-0.25, -0.2) is 0 Å². The van der Waals surface area contributed by atoms with Gasteiger partial charge in [0.25, 0.3) is 0 Å². The van der Waals surface area contributed by atoms with Gasteiger partial charge in [-0.05, 0) is 59.0 Å². The molecule has 1 aliphatic rings. The Morgan fingerprint density at radius 2 is 1.94 bits per heavy atom. The summed E-state index contributed by atoms with van der Waals surface area (Å²) in [6.45, 7) is 23.1. The SMILES string of the molecule is C=C(C/C(C(=C)C)=C1\C(C=O)=CN\C1=N\C)C[C@@H](C)N(CC(C)C)C(O)OC(C)(C)C. The Bertz CT molecular complexity index is 769. The molecule has 0 saturated carbocycles. The Kier molecular flexibility index (Phi) is 10.1. The number of aliphatic hydroxyl groups excluding tert-OH is 1. The zero-order valence-corrected chi connectivity index (χ0v) is 20.6. The van der Waals surface area contributed by atoms with E-state index in [1.807, 2.05) is 32.6 Å². The van der Waals surface area contributed by atoms with Crippen molar-refractivity contribution in [2.75, 3.05) is 13.6 Å². The number of hydrogen-bond donors (Lipinski definition) is 2. The molecule has 0 amide bonds. The maximum absolute atomic E-state index is 11.6. The number of nitrogens with one attached hydrogen (secondary N) is 1. The van der Waals surface area contributed by atoms with Crippen molar-refractivity contribution in [3.05, 3.63) is 47.2 Å². The fraction of sp³-hybridized carbons (Fsp3) is 0.600. The topological polar surface area (TPSA) is 74.2 Å². The summed E-state index contributed by atoms with van der Waals surface area (Å²) in [6.07, 6.45) is 2.76. The maximum atomic E-state index is 11.6. The molecule has 6 nitrogen and oxygen atoms in total. The first-order valence-corrected chi connectivity index (χ1v) is 10.9. The van der Waals surface area contributed by atoms with Crippen LogP contribution < -0.4 is 5.32 Å². The van der Waals surface area contributed by atoms with Crippen LogP contribution in [0.1, 0.15) is 61.3 Å². The van der Waals surface area contributed by atoms with Gasteiger partial charge in [-0.1, -0.05) is 38.2 Å². The molecule has 1 heterocycles. The van der Waals surface area contributed by atoms with Crippen LogP contribution in [-0.4, -0.2) is 53.8 Å². The molecule has 1 rings (SSSR count). The molecular weight excluding hydrogens is 390 g/mol. The second kappa shape index (κ2) is 11.6. The lowest BCUT2D eigenvalue weighted by atomic mass is 9.90. The predicted molar refractivity (Wildman–Crippen MR) is 129 cm³/mol. The van der Waals surface area contributed by atoms with Crippen LogP contribution in [0.15, 0.2) is 52.2 Å². The number of allylic oxidation sites excluding steroid dienone is 2. The summed E-state index contributed by atoms with van der Waals surface area (Å²) in [7, 11) is 1.69. The largest absolute Gasteiger partial charge is 0.356 e. The van der Waals surface area contributed by atoms with E-state index in [0.29, 0.717) is 36.7 Å². The van der Waals surface area contributed by atoms with Gasteiger partial charge in [-0.3, -0.25) is 14.7 Å². The minimum atomic E-state index is -0.994. The highest BCUT2D eigenvalue weighted by molar-refractivity contribution is 6.12. The lowest BCUT2D eigenvalue weighted by molar-refractivity contribution is -0.249. The van der Waals surface area contributed by atoms with E-state index in [2.05, 4.69) is 44.2 Å². The van der Waals surface area contributed by atoms with Gasteiger partial charge in [0.1, 0.15) is 5.84 Å². The highest BCUT2D eigenvalue weighted by atomic mass is 16.6. The molecule has 6 heteroatoms. The van der Waals surface area contributed by atoms with Gasteiger partial charge in [-0.2, -0.15) is 0 Å². The Morgan fingerprint density at radius 3 is 2.39 bits per heavy atom. The molecule has 0 radical (unpaired) electrons. The molecular formula is C25H41N3O3. The standard InChI is InChI=1S/C25H41N3O3/c1-16(2)14-28(24(30)31-25(7,8)9)19(6)11-18(5)12-21(17(3)4)22-20(15-29)13-27-23(22)26-10/h13,15-16,19,24,30H,3,5,11-12,14H2,1-2,4,6-10H3,(H,26,27)/b22-21-/t19-,24?/m1/s1. The average Bonchev–Trinajstić information content (AvgIpc) is 3.04. The average molecular weight is 432 g/mol. The number of aldehydes is 1. The maximum Gasteiger partial charge on any atom is 0.216 e. The van der Waals surface area contributed by atoms with E-state index >= 15 is 0 Å². The monoisotopic (exact) mass is 431 g/mol. The molecule has 0 aliphatic carbocycles. The van der Waals surface area contributed by atoms with Crippen molar-refractivity contribution in [2.45, 2.75) is 79.4 Å². The third-order valence-electron chi connectivity index (χ3n) is 4.95. The lowest BCUT2D eigenvalue weighted by Crippen LogP contribution is -2.48. The first kappa shape index (κ1) is 27.0. The van der Waals surface area contributed by atoms with Crippen LogP contribution in [0.5, 0.6) is 0 Å². The van der Waals surface area contributed by atoms with Gasteiger partial charge in [-0.15, -0.1) is 0 Å². The second-order valence-electron chi connectivity index (χ2n) is 9.70. The Morgan fingerprint density at radius 1 is 1.32 bits per heavy atom. The summed E-state index contributed by atoms with van der Waals surface area (Å²) >= 11 is 0. The van der Waals surface area contributed by atoms with Crippen LogP contribution in [0.4, 0.5) is 0 Å². The predicted octanol–water partition coefficient (Wildman–Crippen LogP) is 4.35. The van der Waals surface area contributed by atoms with Crippen LogP contribution in [0, 0.1) is 5.92 Å². The minimum absolute atomic E-state index is 0.0192. The van der Waals surface area contributed by atoms with Crippen molar-refractivity contribution in [3.8, 4) is 0 Å². The Labute approximate surface area is 188 Å². The smallest absolute Gasteiger partial charge is 0.216 e. The molecule has 1 aliphatic heterocycles. The van der Waals surface area contributed by atoms with E-state index in [1.54, 1.807) is 13.2 Å². The van der Waals surface area contributed by atoms with Gasteiger partial charge in [0.15, 0.2) is 6.29 Å². The summed E-state index contributed by atoms with van der Waals surface area (Å²) < 4.78 is 5.82. The summed E-state index contributed by atoms with van der Waals surface area (Å²) in [4.78, 5) is 17.8. The van der Waals surface area contributed by atoms with E-state index in [0.717, 1.165) is 28.6 Å². The zero-order chi connectivity index (χ0) is 23.9. The number of aliphatic imine (C=N–C) groups is 1. The fourth-order valence-electron chi connectivity index (χ4n) is 3.62. The van der Waals surface area contributed by atoms with E-state index in [-0.39, 0.29) is 6.04 Å². The van der Waals surface area contributed by atoms with Crippen LogP contribution >= 0.6 is 0 Å². The summed E-state index contributed by atoms with van der Waals surface area (Å²) in [5.74, 6) is 1.03. The summed E-state index contributed by atoms with van der Waals surface area (Å²) in [6, 6.07) is 0.0192. The lowest BCUT2D eigenvalue weighted by Gasteiger charge is -2.37. The molecule has 0 spiro atoms. The molecule has 0 saturated heterocycles. The molecule has 174 valence electrons. The van der Waals surface area contributed by atoms with E-state index in [9.17, 15) is 9.90 Å². The van der Waals surface area contributed by atoms with Gasteiger partial charge in [0.2, 0.25) is 6.41 Å². The number of ether oxygens (including phenoxy) is 1. The van der Waals surface area contributed by atoms with E-state index in [1.165, 1.54) is 0 Å². The number of carbonyl (C=O) groups is 1. The number of rotatable bonds is 11. The minimum Gasteiger partial charge on any atom is -0.356 e. The molecule has 2 atom stereocenters. The zero-order valence-electron chi connectivity index (χ0n) is 20.6. The van der Waals surface area contributed by atoms with Crippen LogP contribution in [0.25, 0.3) is 0 Å². The van der Waals surface area contributed by atoms with Crippen LogP contribution in [0.2, 0.25) is 0 Å². The third-order valence-corrected chi connectivity index (χ3v) is 4.95. The van der Waals surface area contributed by atoms with Crippen LogP contribution in [0.3, 0.4) is 0 Å². The summed E-state index contributed by atoms with van der Waals surface area (Å²) in [5.41, 5.74) is 3.71. The van der Waals surface area contributed by atoms with Crippen LogP contribution in [-0.2, 0) is 9.53 Å². The number of aliphatic hydroxyl groups is 1. The van der Waals surface area contributed by atoms with Crippen molar-refractivity contribution >= 4 is 12.1 Å². The highest BCUT2D eigenvalue weighted by Gasteiger charge is 2.28. The van der Waals surface area contributed by atoms with Gasteiger partial charge in [0, 0.05) is 37.0 Å². The molecule has 1 unspecified atom stereocenters. The highest BCUT2D eigenvalue weighted by Crippen LogP contribution is 2.30. The normalized spacial score (nSPS) is 19.3. The molecule has 0 aromatic carbocycles. The molecule has 31 heavy (non-hydrogen) atoms. The van der Waals surface area contributed by atoms with E-state index in [4.69, 9.17) is 4.74 Å². The van der Waals surface area contributed by atoms with Crippen molar-refractivity contribution in [3.63, 3.8) is 0 Å². The van der Waals surface area contributed by atoms with Crippen molar-refractivity contribution < 1.29 is 14.6 Å². The fourth-order valence-corrected chi connectivity index (χ4v) is 3.62. The van der Waals surface area contributed by atoms with Gasteiger partial charge in [0.05, 0.1) is 5.60 Å². The Hall–Kier alpha value is -2.02. The summed E-state index contributed by atoms with van der Waals surface area (Å²) in [5, 5.41) is 13.8.